The molecule has 0 atom stereocenters. The molecule has 2 aromatic carbocycles. The lowest BCUT2D eigenvalue weighted by molar-refractivity contribution is 0.0945. The van der Waals surface area contributed by atoms with Crippen LogP contribution in [0.2, 0.25) is 0 Å². The van der Waals surface area contributed by atoms with E-state index < -0.39 is 36.7 Å². The van der Waals surface area contributed by atoms with Crippen LogP contribution < -0.4 is 10.3 Å². The third kappa shape index (κ3) is 6.16. The molecule has 0 spiro atoms. The fraction of sp³-hybridized carbons (Fsp3) is 0.231. The van der Waals surface area contributed by atoms with Crippen molar-refractivity contribution in [1.29, 1.82) is 0 Å². The molecule has 2 N–H and O–H groups in total. The van der Waals surface area contributed by atoms with Crippen LogP contribution in [0, 0.1) is 12.7 Å². The Morgan fingerprint density at radius 2 is 1.79 bits per heavy atom. The van der Waals surface area contributed by atoms with Gasteiger partial charge in [-0.05, 0) is 79.3 Å². The highest BCUT2D eigenvalue weighted by Gasteiger charge is 2.27. The van der Waals surface area contributed by atoms with Gasteiger partial charge in [-0.15, -0.1) is 4.83 Å². The molecule has 1 fully saturated rings. The van der Waals surface area contributed by atoms with E-state index >= 15 is 0 Å². The maximum Gasteiger partial charge on any atom is 0.266 e. The van der Waals surface area contributed by atoms with Crippen molar-refractivity contribution in [1.82, 2.24) is 19.5 Å². The summed E-state index contributed by atoms with van der Waals surface area (Å²) in [5.41, 5.74) is 5.35. The molecule has 3 aromatic rings. The van der Waals surface area contributed by atoms with Crippen LogP contribution in [0.3, 0.4) is 0 Å². The van der Waals surface area contributed by atoms with E-state index in [1.54, 1.807) is 25.3 Å². The second kappa shape index (κ2) is 11.1. The molecule has 0 unspecified atom stereocenters. The summed E-state index contributed by atoms with van der Waals surface area (Å²) in [6, 6.07) is 13.7. The van der Waals surface area contributed by atoms with E-state index in [9.17, 15) is 26.0 Å². The van der Waals surface area contributed by atoms with E-state index in [2.05, 4.69) is 17.0 Å². The molecule has 9 nitrogen and oxygen atoms in total. The van der Waals surface area contributed by atoms with Gasteiger partial charge in [0.25, 0.3) is 15.9 Å². The number of benzene rings is 2. The molecule has 0 radical (unpaired) electrons. The third-order valence-electron chi connectivity index (χ3n) is 6.34. The normalized spacial score (nSPS) is 15.2. The predicted molar refractivity (Wildman–Crippen MR) is 141 cm³/mol. The van der Waals surface area contributed by atoms with Crippen molar-refractivity contribution in [2.75, 3.05) is 13.1 Å². The van der Waals surface area contributed by atoms with E-state index in [4.69, 9.17) is 0 Å². The molecule has 4 rings (SSSR count). The number of piperidine rings is 1. The molecule has 12 heteroatoms. The summed E-state index contributed by atoms with van der Waals surface area (Å²) < 4.78 is 64.3. The minimum Gasteiger partial charge on any atom is -0.273 e. The highest BCUT2D eigenvalue weighted by Crippen LogP contribution is 2.31. The molecule has 2 heterocycles. The summed E-state index contributed by atoms with van der Waals surface area (Å²) in [4.78, 5) is 18.6. The minimum atomic E-state index is -4.32. The number of nitrogens with one attached hydrogen (secondary N) is 2. The first kappa shape index (κ1) is 27.6. The van der Waals surface area contributed by atoms with Gasteiger partial charge in [0.05, 0.1) is 5.69 Å². The average Bonchev–Trinajstić information content (AvgIpc) is 2.91. The third-order valence-corrected chi connectivity index (χ3v) is 9.13. The van der Waals surface area contributed by atoms with Gasteiger partial charge in [-0.1, -0.05) is 18.7 Å². The number of rotatable bonds is 8. The zero-order valence-corrected chi connectivity index (χ0v) is 22.2. The van der Waals surface area contributed by atoms with Crippen molar-refractivity contribution in [2.24, 2.45) is 0 Å². The van der Waals surface area contributed by atoms with E-state index in [1.807, 2.05) is 23.0 Å². The lowest BCUT2D eigenvalue weighted by Gasteiger charge is -2.30. The number of hydrogen-bond donors (Lipinski definition) is 2. The van der Waals surface area contributed by atoms with Gasteiger partial charge in [0.1, 0.15) is 10.7 Å². The van der Waals surface area contributed by atoms with Gasteiger partial charge in [0.2, 0.25) is 10.0 Å². The predicted octanol–water partition coefficient (Wildman–Crippen LogP) is 3.47. The van der Waals surface area contributed by atoms with E-state index in [0.29, 0.717) is 37.2 Å². The summed E-state index contributed by atoms with van der Waals surface area (Å²) >= 11 is 0. The lowest BCUT2D eigenvalue weighted by Crippen LogP contribution is -2.41. The van der Waals surface area contributed by atoms with Gasteiger partial charge in [-0.25, -0.2) is 21.2 Å². The Kier molecular flexibility index (Phi) is 8.07. The first-order valence-electron chi connectivity index (χ1n) is 11.8. The first-order valence-corrected chi connectivity index (χ1v) is 14.8. The largest absolute Gasteiger partial charge is 0.273 e. The Hall–Kier alpha value is -3.45. The highest BCUT2D eigenvalue weighted by atomic mass is 32.2. The van der Waals surface area contributed by atoms with Gasteiger partial charge in [0, 0.05) is 35.8 Å². The Morgan fingerprint density at radius 3 is 2.47 bits per heavy atom. The summed E-state index contributed by atoms with van der Waals surface area (Å²) in [5, 5.41) is 0.967. The molecule has 1 saturated heterocycles. The molecular formula is C26H27FN4O5S2. The smallest absolute Gasteiger partial charge is 0.266 e. The number of carbonyl (C=O) groups excluding carboxylic acids is 1. The number of hydrazine groups is 1. The number of hydrogen-bond acceptors (Lipinski definition) is 6. The van der Waals surface area contributed by atoms with Crippen LogP contribution in [-0.4, -0.2) is 45.1 Å². The molecule has 38 heavy (non-hydrogen) atoms. The number of sulfonamides is 2. The zero-order chi connectivity index (χ0) is 27.5. The number of nitrogens with zero attached hydrogens (tertiary/aromatic N) is 2. The van der Waals surface area contributed by atoms with E-state index in [0.717, 1.165) is 28.7 Å². The molecule has 0 bridgehead atoms. The van der Waals surface area contributed by atoms with Crippen LogP contribution >= 0.6 is 0 Å². The fourth-order valence-corrected chi connectivity index (χ4v) is 6.22. The molecule has 1 aliphatic heterocycles. The summed E-state index contributed by atoms with van der Waals surface area (Å²) in [5.74, 6) is -1.51. The molecule has 1 amide bonds. The molecule has 1 aliphatic rings. The molecule has 200 valence electrons. The molecule has 0 saturated carbocycles. The molecule has 1 aromatic heterocycles. The fourth-order valence-electron chi connectivity index (χ4n) is 4.37. The number of amides is 1. The number of halogens is 1. The van der Waals surface area contributed by atoms with E-state index in [-0.39, 0.29) is 11.5 Å². The highest BCUT2D eigenvalue weighted by molar-refractivity contribution is 7.92. The van der Waals surface area contributed by atoms with Crippen molar-refractivity contribution in [3.63, 3.8) is 0 Å². The van der Waals surface area contributed by atoms with Gasteiger partial charge >= 0.3 is 0 Å². The summed E-state index contributed by atoms with van der Waals surface area (Å²) in [6.07, 6.45) is 2.97. The van der Waals surface area contributed by atoms with Gasteiger partial charge in [-0.2, -0.15) is 4.31 Å². The van der Waals surface area contributed by atoms with Crippen LogP contribution in [0.15, 0.2) is 77.7 Å². The Labute approximate surface area is 221 Å². The molecular weight excluding hydrogens is 531 g/mol. The number of pyridine rings is 1. The van der Waals surface area contributed by atoms with Crippen LogP contribution in [0.5, 0.6) is 0 Å². The van der Waals surface area contributed by atoms with Crippen LogP contribution in [0.25, 0.3) is 11.3 Å². The first-order chi connectivity index (χ1) is 18.0. The quantitative estimate of drug-likeness (QED) is 0.408. The Morgan fingerprint density at radius 1 is 1.08 bits per heavy atom. The zero-order valence-electron chi connectivity index (χ0n) is 20.6. The second-order valence-electron chi connectivity index (χ2n) is 8.94. The van der Waals surface area contributed by atoms with Crippen molar-refractivity contribution in [3.8, 4) is 11.3 Å². The standard InChI is InChI=1S/C26H27FN4O5S2/c1-3-37(33,34)31-12-9-19(10-13-31)20-8-11-28-24(17-20)21-14-18(2)15-22(16-21)26(32)29-30-38(35,36)25-7-5-4-6-23(25)27/h3-8,11,14-17,19,30H,1,9-10,12-13H2,2H3,(H,29,32). The van der Waals surface area contributed by atoms with Crippen molar-refractivity contribution in [2.45, 2.75) is 30.6 Å². The summed E-state index contributed by atoms with van der Waals surface area (Å²) in [6.45, 7) is 5.97. The monoisotopic (exact) mass is 558 g/mol. The second-order valence-corrected chi connectivity index (χ2v) is 12.5. The van der Waals surface area contributed by atoms with Crippen molar-refractivity contribution in [3.05, 3.63) is 95.3 Å². The topological polar surface area (TPSA) is 126 Å². The van der Waals surface area contributed by atoms with Crippen molar-refractivity contribution >= 4 is 26.0 Å². The van der Waals surface area contributed by atoms with E-state index in [1.165, 1.54) is 16.4 Å². The number of carbonyl (C=O) groups is 1. The van der Waals surface area contributed by atoms with Crippen LogP contribution in [0.1, 0.15) is 40.2 Å². The van der Waals surface area contributed by atoms with Crippen molar-refractivity contribution < 1.29 is 26.0 Å². The summed E-state index contributed by atoms with van der Waals surface area (Å²) in [7, 11) is -7.76. The van der Waals surface area contributed by atoms with Crippen LogP contribution in [0.4, 0.5) is 4.39 Å². The Balaban J connectivity index is 1.50. The van der Waals surface area contributed by atoms with Gasteiger partial charge < -0.3 is 0 Å². The Bertz CT molecular complexity index is 1580. The van der Waals surface area contributed by atoms with Crippen LogP contribution in [-0.2, 0) is 20.0 Å². The number of aryl methyl sites for hydroxylation is 1. The average molecular weight is 559 g/mol. The molecule has 0 aliphatic carbocycles. The maximum absolute atomic E-state index is 13.9. The lowest BCUT2D eigenvalue weighted by atomic mass is 9.90. The SMILES string of the molecule is C=CS(=O)(=O)N1CCC(c2ccnc(-c3cc(C)cc(C(=O)NNS(=O)(=O)c4ccccc4F)c3)c2)CC1. The van der Waals surface area contributed by atoms with Gasteiger partial charge in [-0.3, -0.25) is 15.2 Å². The number of aromatic nitrogens is 1. The van der Waals surface area contributed by atoms with Gasteiger partial charge in [0.15, 0.2) is 0 Å². The minimum absolute atomic E-state index is 0.147. The maximum atomic E-state index is 13.9.